The van der Waals surface area contributed by atoms with E-state index in [2.05, 4.69) is 16.0 Å². The van der Waals surface area contributed by atoms with E-state index in [0.717, 1.165) is 5.56 Å². The van der Waals surface area contributed by atoms with Crippen LogP contribution in [0.4, 0.5) is 4.79 Å². The number of hydrogen-bond donors (Lipinski definition) is 3. The third-order valence-electron chi connectivity index (χ3n) is 3.64. The number of para-hydroxylation sites is 1. The fourth-order valence-electron chi connectivity index (χ4n) is 2.44. The number of carbonyl (C=O) groups is 2. The van der Waals surface area contributed by atoms with Gasteiger partial charge in [0.15, 0.2) is 9.84 Å². The van der Waals surface area contributed by atoms with Crippen LogP contribution in [0.25, 0.3) is 0 Å². The molecule has 1 fully saturated rings. The highest BCUT2D eigenvalue weighted by Crippen LogP contribution is 2.16. The minimum atomic E-state index is -3.04. The summed E-state index contributed by atoms with van der Waals surface area (Å²) in [6, 6.07) is 6.41. The quantitative estimate of drug-likeness (QED) is 0.654. The smallest absolute Gasteiger partial charge is 0.315 e. The van der Waals surface area contributed by atoms with Gasteiger partial charge in [0.2, 0.25) is 5.91 Å². The predicted octanol–water partition coefficient (Wildman–Crippen LogP) is -0.202. The van der Waals surface area contributed by atoms with Crippen LogP contribution >= 0.6 is 0 Å². The molecule has 8 nitrogen and oxygen atoms in total. The maximum absolute atomic E-state index is 11.7. The first-order valence-corrected chi connectivity index (χ1v) is 9.35. The van der Waals surface area contributed by atoms with E-state index >= 15 is 0 Å². The highest BCUT2D eigenvalue weighted by molar-refractivity contribution is 7.91. The van der Waals surface area contributed by atoms with Crippen LogP contribution in [0.3, 0.4) is 0 Å². The molecule has 0 spiro atoms. The van der Waals surface area contributed by atoms with E-state index in [1.807, 2.05) is 18.2 Å². The molecule has 3 N–H and O–H groups in total. The van der Waals surface area contributed by atoms with Crippen LogP contribution in [0.15, 0.2) is 24.3 Å². The van der Waals surface area contributed by atoms with Crippen molar-refractivity contribution in [3.05, 3.63) is 29.8 Å². The molecule has 1 aliphatic heterocycles. The number of urea groups is 1. The van der Waals surface area contributed by atoms with Crippen molar-refractivity contribution < 1.29 is 22.7 Å². The second-order valence-corrected chi connectivity index (χ2v) is 7.74. The first-order chi connectivity index (χ1) is 11.4. The van der Waals surface area contributed by atoms with Gasteiger partial charge in [-0.25, -0.2) is 13.2 Å². The lowest BCUT2D eigenvalue weighted by Crippen LogP contribution is -2.45. The van der Waals surface area contributed by atoms with Crippen molar-refractivity contribution >= 4 is 21.8 Å². The SMILES string of the molecule is COc1ccccc1CNC(=O)NCC(=O)NC1CCS(=O)(=O)C1. The Bertz CT molecular complexity index is 705. The molecule has 0 aromatic heterocycles. The molecule has 0 bridgehead atoms. The maximum atomic E-state index is 11.7. The lowest BCUT2D eigenvalue weighted by atomic mass is 10.2. The lowest BCUT2D eigenvalue weighted by molar-refractivity contribution is -0.120. The summed E-state index contributed by atoms with van der Waals surface area (Å²) in [7, 11) is -1.50. The van der Waals surface area contributed by atoms with Crippen LogP contribution in [-0.4, -0.2) is 51.6 Å². The summed E-state index contributed by atoms with van der Waals surface area (Å²) in [6.45, 7) is 0.0483. The molecule has 1 saturated heterocycles. The number of nitrogens with one attached hydrogen (secondary N) is 3. The normalized spacial score (nSPS) is 18.6. The Morgan fingerprint density at radius 3 is 2.67 bits per heavy atom. The molecule has 1 atom stereocenters. The summed E-state index contributed by atoms with van der Waals surface area (Å²) in [5, 5.41) is 7.66. The first kappa shape index (κ1) is 18.1. The second kappa shape index (κ2) is 8.00. The summed E-state index contributed by atoms with van der Waals surface area (Å²) in [5.41, 5.74) is 0.816. The van der Waals surface area contributed by atoms with Gasteiger partial charge in [-0.3, -0.25) is 4.79 Å². The molecule has 0 aliphatic carbocycles. The van der Waals surface area contributed by atoms with Gasteiger partial charge in [-0.15, -0.1) is 0 Å². The van der Waals surface area contributed by atoms with E-state index < -0.39 is 21.8 Å². The number of hydrogen-bond acceptors (Lipinski definition) is 5. The topological polar surface area (TPSA) is 114 Å². The molecular weight excluding hydrogens is 334 g/mol. The molecule has 132 valence electrons. The summed E-state index contributed by atoms with van der Waals surface area (Å²) in [5.74, 6) is 0.297. The lowest BCUT2D eigenvalue weighted by Gasteiger charge is -2.12. The molecule has 1 aromatic carbocycles. The van der Waals surface area contributed by atoms with Gasteiger partial charge in [0.05, 0.1) is 25.2 Å². The molecule has 0 radical (unpaired) electrons. The first-order valence-electron chi connectivity index (χ1n) is 7.53. The van der Waals surface area contributed by atoms with Crippen LogP contribution in [0.1, 0.15) is 12.0 Å². The van der Waals surface area contributed by atoms with Gasteiger partial charge in [-0.05, 0) is 12.5 Å². The highest BCUT2D eigenvalue weighted by atomic mass is 32.2. The van der Waals surface area contributed by atoms with Gasteiger partial charge in [-0.1, -0.05) is 18.2 Å². The molecule has 9 heteroatoms. The van der Waals surface area contributed by atoms with Crippen molar-refractivity contribution in [3.8, 4) is 5.75 Å². The van der Waals surface area contributed by atoms with E-state index in [4.69, 9.17) is 4.74 Å². The van der Waals surface area contributed by atoms with Gasteiger partial charge in [0.1, 0.15) is 5.75 Å². The van der Waals surface area contributed by atoms with Crippen molar-refractivity contribution in [1.29, 1.82) is 0 Å². The van der Waals surface area contributed by atoms with Gasteiger partial charge in [0, 0.05) is 18.2 Å². The van der Waals surface area contributed by atoms with E-state index in [1.165, 1.54) is 0 Å². The van der Waals surface area contributed by atoms with Gasteiger partial charge in [-0.2, -0.15) is 0 Å². The summed E-state index contributed by atoms with van der Waals surface area (Å²) in [4.78, 5) is 23.4. The largest absolute Gasteiger partial charge is 0.496 e. The molecule has 1 aromatic rings. The van der Waals surface area contributed by atoms with E-state index in [1.54, 1.807) is 13.2 Å². The van der Waals surface area contributed by atoms with Gasteiger partial charge < -0.3 is 20.7 Å². The Hall–Kier alpha value is -2.29. The fourth-order valence-corrected chi connectivity index (χ4v) is 4.11. The minimum Gasteiger partial charge on any atom is -0.496 e. The Kier molecular flexibility index (Phi) is 6.02. The fraction of sp³-hybridized carbons (Fsp3) is 0.467. The molecule has 2 rings (SSSR count). The van der Waals surface area contributed by atoms with Crippen LogP contribution in [-0.2, 0) is 21.2 Å². The summed E-state index contributed by atoms with van der Waals surface area (Å²) in [6.07, 6.45) is 0.411. The number of rotatable bonds is 6. The molecule has 24 heavy (non-hydrogen) atoms. The van der Waals surface area contributed by atoms with E-state index in [-0.39, 0.29) is 30.6 Å². The number of sulfone groups is 1. The van der Waals surface area contributed by atoms with E-state index in [0.29, 0.717) is 12.2 Å². The second-order valence-electron chi connectivity index (χ2n) is 5.52. The Balaban J connectivity index is 1.70. The van der Waals surface area contributed by atoms with Crippen molar-refractivity contribution in [3.63, 3.8) is 0 Å². The van der Waals surface area contributed by atoms with Crippen LogP contribution < -0.4 is 20.7 Å². The zero-order valence-corrected chi connectivity index (χ0v) is 14.2. The van der Waals surface area contributed by atoms with Crippen molar-refractivity contribution in [2.45, 2.75) is 19.0 Å². The van der Waals surface area contributed by atoms with Crippen molar-refractivity contribution in [2.75, 3.05) is 25.2 Å². The van der Waals surface area contributed by atoms with E-state index in [9.17, 15) is 18.0 Å². The minimum absolute atomic E-state index is 0.0429. The number of benzene rings is 1. The zero-order chi connectivity index (χ0) is 17.6. The van der Waals surface area contributed by atoms with Crippen molar-refractivity contribution in [1.82, 2.24) is 16.0 Å². The average Bonchev–Trinajstić information content (AvgIpc) is 2.89. The Morgan fingerprint density at radius 1 is 1.25 bits per heavy atom. The third kappa shape index (κ3) is 5.41. The molecule has 1 heterocycles. The molecule has 1 unspecified atom stereocenters. The molecule has 3 amide bonds. The molecule has 1 aliphatic rings. The average molecular weight is 355 g/mol. The number of carbonyl (C=O) groups excluding carboxylic acids is 2. The third-order valence-corrected chi connectivity index (χ3v) is 5.41. The van der Waals surface area contributed by atoms with Gasteiger partial charge in [0.25, 0.3) is 0 Å². The molecular formula is C15H21N3O5S. The monoisotopic (exact) mass is 355 g/mol. The zero-order valence-electron chi connectivity index (χ0n) is 13.4. The predicted molar refractivity (Wildman–Crippen MR) is 88.4 cm³/mol. The van der Waals surface area contributed by atoms with Crippen molar-refractivity contribution in [2.24, 2.45) is 0 Å². The van der Waals surface area contributed by atoms with Crippen LogP contribution in [0.2, 0.25) is 0 Å². The maximum Gasteiger partial charge on any atom is 0.315 e. The van der Waals surface area contributed by atoms with Gasteiger partial charge >= 0.3 is 6.03 Å². The summed E-state index contributed by atoms with van der Waals surface area (Å²) >= 11 is 0. The van der Waals surface area contributed by atoms with Crippen LogP contribution in [0, 0.1) is 0 Å². The highest BCUT2D eigenvalue weighted by Gasteiger charge is 2.28. The standard InChI is InChI=1S/C15H21N3O5S/c1-23-13-5-3-2-4-11(13)8-16-15(20)17-9-14(19)18-12-6-7-24(21,22)10-12/h2-5,12H,6-10H2,1H3,(H,18,19)(H2,16,17,20). The molecule has 0 saturated carbocycles. The summed E-state index contributed by atoms with van der Waals surface area (Å²) < 4.78 is 27.8. The number of methoxy groups -OCH3 is 1. The Morgan fingerprint density at radius 2 is 2.00 bits per heavy atom. The number of ether oxygens (including phenoxy) is 1. The number of amides is 3. The Labute approximate surface area is 140 Å². The van der Waals surface area contributed by atoms with Crippen LogP contribution in [0.5, 0.6) is 5.75 Å².